The first-order valence-electron chi connectivity index (χ1n) is 9.85. The number of rotatable bonds is 5. The van der Waals surface area contributed by atoms with Gasteiger partial charge in [-0.2, -0.15) is 0 Å². The molecule has 0 aliphatic carbocycles. The molecule has 1 aliphatic heterocycles. The number of likely N-dealkylation sites (tertiary alicyclic amines) is 1. The number of furan rings is 1. The Bertz CT molecular complexity index is 997. The van der Waals surface area contributed by atoms with Crippen LogP contribution in [0.1, 0.15) is 28.1 Å². The van der Waals surface area contributed by atoms with E-state index in [4.69, 9.17) is 9.15 Å². The summed E-state index contributed by atoms with van der Waals surface area (Å²) in [4.78, 5) is 14.8. The lowest BCUT2D eigenvalue weighted by atomic mass is 9.94. The highest BCUT2D eigenvalue weighted by Gasteiger charge is 2.32. The van der Waals surface area contributed by atoms with E-state index in [0.29, 0.717) is 47.6 Å². The van der Waals surface area contributed by atoms with Crippen molar-refractivity contribution in [2.75, 3.05) is 19.7 Å². The Morgan fingerprint density at radius 3 is 2.76 bits per heavy atom. The highest BCUT2D eigenvalue weighted by molar-refractivity contribution is 6.07. The lowest BCUT2D eigenvalue weighted by molar-refractivity contribution is 0.000870. The van der Waals surface area contributed by atoms with Crippen LogP contribution in [0.5, 0.6) is 5.75 Å². The molecule has 2 atom stereocenters. The Balaban J connectivity index is 1.57. The van der Waals surface area contributed by atoms with Crippen molar-refractivity contribution in [1.29, 1.82) is 0 Å². The molecule has 29 heavy (non-hydrogen) atoms. The molecule has 2 N–H and O–H groups in total. The smallest absolute Gasteiger partial charge is 0.258 e. The SMILES string of the molecule is Cc1oc2ccc(OCc3ccccc3)cc2c1C(=O)N1CC[C@H](CO)[C@H](O)C1. The topological polar surface area (TPSA) is 83.1 Å². The summed E-state index contributed by atoms with van der Waals surface area (Å²) >= 11 is 0. The molecule has 0 bridgehead atoms. The number of ether oxygens (including phenoxy) is 1. The second-order valence-electron chi connectivity index (χ2n) is 7.52. The van der Waals surface area contributed by atoms with Crippen LogP contribution >= 0.6 is 0 Å². The van der Waals surface area contributed by atoms with Crippen LogP contribution in [0.2, 0.25) is 0 Å². The molecule has 1 saturated heterocycles. The number of fused-ring (bicyclic) bond motifs is 1. The van der Waals surface area contributed by atoms with E-state index in [1.54, 1.807) is 11.8 Å². The van der Waals surface area contributed by atoms with E-state index < -0.39 is 6.10 Å². The number of aliphatic hydroxyl groups excluding tert-OH is 2. The number of hydrogen-bond acceptors (Lipinski definition) is 5. The maximum Gasteiger partial charge on any atom is 0.258 e. The number of hydrogen-bond donors (Lipinski definition) is 2. The predicted octanol–water partition coefficient (Wildman–Crippen LogP) is 3.14. The fourth-order valence-corrected chi connectivity index (χ4v) is 3.83. The van der Waals surface area contributed by atoms with Crippen LogP contribution in [-0.4, -0.2) is 46.8 Å². The Labute approximate surface area is 169 Å². The molecule has 2 aromatic carbocycles. The zero-order valence-corrected chi connectivity index (χ0v) is 16.4. The molecule has 1 aliphatic rings. The monoisotopic (exact) mass is 395 g/mol. The van der Waals surface area contributed by atoms with E-state index in [9.17, 15) is 15.0 Å². The van der Waals surface area contributed by atoms with Crippen molar-refractivity contribution in [2.45, 2.75) is 26.1 Å². The van der Waals surface area contributed by atoms with E-state index in [1.807, 2.05) is 48.5 Å². The molecule has 2 heterocycles. The van der Waals surface area contributed by atoms with Gasteiger partial charge in [-0.15, -0.1) is 0 Å². The van der Waals surface area contributed by atoms with E-state index >= 15 is 0 Å². The van der Waals surface area contributed by atoms with Crippen molar-refractivity contribution in [2.24, 2.45) is 5.92 Å². The van der Waals surface area contributed by atoms with Crippen molar-refractivity contribution >= 4 is 16.9 Å². The third-order valence-corrected chi connectivity index (χ3v) is 5.54. The highest BCUT2D eigenvalue weighted by Crippen LogP contribution is 2.31. The van der Waals surface area contributed by atoms with E-state index in [-0.39, 0.29) is 25.0 Å². The molecular formula is C23H25NO5. The van der Waals surface area contributed by atoms with Crippen molar-refractivity contribution in [1.82, 2.24) is 4.90 Å². The number of nitrogens with zero attached hydrogens (tertiary/aromatic N) is 1. The standard InChI is InChI=1S/C23H25NO5/c1-15-22(23(27)24-10-9-17(13-25)20(26)12-24)19-11-18(7-8-21(19)29-15)28-14-16-5-3-2-4-6-16/h2-8,11,17,20,25-26H,9-10,12-14H2,1H3/t17-,20-/m1/s1. The average Bonchev–Trinajstić information content (AvgIpc) is 3.07. The van der Waals surface area contributed by atoms with Crippen LogP contribution in [0.25, 0.3) is 11.0 Å². The summed E-state index contributed by atoms with van der Waals surface area (Å²) < 4.78 is 11.7. The Kier molecular flexibility index (Phi) is 5.56. The first-order chi connectivity index (χ1) is 14.1. The minimum Gasteiger partial charge on any atom is -0.489 e. The summed E-state index contributed by atoms with van der Waals surface area (Å²) in [5.41, 5.74) is 2.19. The van der Waals surface area contributed by atoms with Gasteiger partial charge in [0.1, 0.15) is 23.7 Å². The van der Waals surface area contributed by atoms with E-state index in [2.05, 4.69) is 0 Å². The van der Waals surface area contributed by atoms with Crippen LogP contribution in [0, 0.1) is 12.8 Å². The van der Waals surface area contributed by atoms with Gasteiger partial charge in [0.25, 0.3) is 5.91 Å². The predicted molar refractivity (Wildman–Crippen MR) is 109 cm³/mol. The third kappa shape index (κ3) is 3.99. The normalized spacial score (nSPS) is 19.5. The molecule has 0 spiro atoms. The molecule has 0 unspecified atom stereocenters. The van der Waals surface area contributed by atoms with Gasteiger partial charge in [-0.3, -0.25) is 4.79 Å². The largest absolute Gasteiger partial charge is 0.489 e. The van der Waals surface area contributed by atoms with Crippen LogP contribution in [-0.2, 0) is 6.61 Å². The molecule has 0 radical (unpaired) electrons. The number of carbonyl (C=O) groups is 1. The summed E-state index contributed by atoms with van der Waals surface area (Å²) in [5.74, 6) is 0.857. The summed E-state index contributed by atoms with van der Waals surface area (Å²) in [6.45, 7) is 2.85. The summed E-state index contributed by atoms with van der Waals surface area (Å²) in [7, 11) is 0. The van der Waals surface area contributed by atoms with Gasteiger partial charge in [0.2, 0.25) is 0 Å². The van der Waals surface area contributed by atoms with Gasteiger partial charge >= 0.3 is 0 Å². The molecule has 4 rings (SSSR count). The lowest BCUT2D eigenvalue weighted by Crippen LogP contribution is -2.47. The van der Waals surface area contributed by atoms with Gasteiger partial charge < -0.3 is 24.3 Å². The minimum absolute atomic E-state index is 0.0705. The van der Waals surface area contributed by atoms with Crippen LogP contribution in [0.15, 0.2) is 52.9 Å². The Hall–Kier alpha value is -2.83. The van der Waals surface area contributed by atoms with Crippen LogP contribution in [0.4, 0.5) is 0 Å². The first kappa shape index (κ1) is 19.5. The fourth-order valence-electron chi connectivity index (χ4n) is 3.83. The average molecular weight is 395 g/mol. The molecular weight excluding hydrogens is 370 g/mol. The summed E-state index contributed by atoms with van der Waals surface area (Å²) in [6.07, 6.45) is -0.148. The molecule has 1 fully saturated rings. The molecule has 6 nitrogen and oxygen atoms in total. The van der Waals surface area contributed by atoms with Gasteiger partial charge in [-0.05, 0) is 37.1 Å². The number of carbonyl (C=O) groups excluding carboxylic acids is 1. The maximum absolute atomic E-state index is 13.2. The molecule has 3 aromatic rings. The third-order valence-electron chi connectivity index (χ3n) is 5.54. The van der Waals surface area contributed by atoms with Crippen molar-refractivity contribution in [3.8, 4) is 5.75 Å². The number of amides is 1. The molecule has 1 aromatic heterocycles. The highest BCUT2D eigenvalue weighted by atomic mass is 16.5. The molecule has 0 saturated carbocycles. The number of piperidine rings is 1. The van der Waals surface area contributed by atoms with Crippen molar-refractivity contribution in [3.63, 3.8) is 0 Å². The molecule has 6 heteroatoms. The number of benzene rings is 2. The minimum atomic E-state index is -0.721. The quantitative estimate of drug-likeness (QED) is 0.694. The maximum atomic E-state index is 13.2. The van der Waals surface area contributed by atoms with Gasteiger partial charge in [-0.1, -0.05) is 30.3 Å². The fraction of sp³-hybridized carbons (Fsp3) is 0.348. The Morgan fingerprint density at radius 1 is 1.24 bits per heavy atom. The number of aryl methyl sites for hydroxylation is 1. The van der Waals surface area contributed by atoms with E-state index in [0.717, 1.165) is 5.56 Å². The van der Waals surface area contributed by atoms with Crippen LogP contribution in [0.3, 0.4) is 0 Å². The summed E-state index contributed by atoms with van der Waals surface area (Å²) in [5, 5.41) is 20.2. The van der Waals surface area contributed by atoms with Gasteiger partial charge in [0.05, 0.1) is 11.7 Å². The number of β-amino-alcohol motifs (C(OH)–C–C–N with tert-alkyl or cyclic N) is 1. The second-order valence-corrected chi connectivity index (χ2v) is 7.52. The zero-order valence-electron chi connectivity index (χ0n) is 16.4. The zero-order chi connectivity index (χ0) is 20.4. The molecule has 1 amide bonds. The van der Waals surface area contributed by atoms with Crippen LogP contribution < -0.4 is 4.74 Å². The van der Waals surface area contributed by atoms with Gasteiger partial charge in [0.15, 0.2) is 0 Å². The van der Waals surface area contributed by atoms with Gasteiger partial charge in [-0.25, -0.2) is 0 Å². The lowest BCUT2D eigenvalue weighted by Gasteiger charge is -2.35. The molecule has 152 valence electrons. The first-order valence-corrected chi connectivity index (χ1v) is 9.85. The van der Waals surface area contributed by atoms with Crippen molar-refractivity contribution in [3.05, 3.63) is 65.4 Å². The van der Waals surface area contributed by atoms with E-state index in [1.165, 1.54) is 0 Å². The van der Waals surface area contributed by atoms with Crippen molar-refractivity contribution < 1.29 is 24.2 Å². The Morgan fingerprint density at radius 2 is 2.03 bits per heavy atom. The summed E-state index contributed by atoms with van der Waals surface area (Å²) in [6, 6.07) is 15.4. The number of aliphatic hydroxyl groups is 2. The van der Waals surface area contributed by atoms with Gasteiger partial charge in [0, 0.05) is 31.0 Å². The second kappa shape index (κ2) is 8.27.